The molecule has 102 valence electrons. The summed E-state index contributed by atoms with van der Waals surface area (Å²) in [6.45, 7) is 9.00. The van der Waals surface area contributed by atoms with Crippen LogP contribution in [0.3, 0.4) is 0 Å². The summed E-state index contributed by atoms with van der Waals surface area (Å²) in [5.41, 5.74) is 0. The highest BCUT2D eigenvalue weighted by Gasteiger charge is 2.17. The van der Waals surface area contributed by atoms with Gasteiger partial charge in [0.1, 0.15) is 6.10 Å². The zero-order valence-corrected chi connectivity index (χ0v) is 11.5. The van der Waals surface area contributed by atoms with Gasteiger partial charge in [0, 0.05) is 6.61 Å². The Bertz CT molecular complexity index is 194. The molecule has 0 aromatic carbocycles. The van der Waals surface area contributed by atoms with Gasteiger partial charge in [-0.15, -0.1) is 0 Å². The normalized spacial score (nSPS) is 14.1. The second-order valence-electron chi connectivity index (χ2n) is 4.20. The molecule has 0 spiro atoms. The Morgan fingerprint density at radius 2 is 1.59 bits per heavy atom. The molecule has 0 amide bonds. The van der Waals surface area contributed by atoms with Crippen molar-refractivity contribution >= 4 is 6.16 Å². The molecule has 0 heterocycles. The Morgan fingerprint density at radius 3 is 2.18 bits per heavy atom. The van der Waals surface area contributed by atoms with Crippen LogP contribution in [0.15, 0.2) is 0 Å². The van der Waals surface area contributed by atoms with Gasteiger partial charge in [-0.2, -0.15) is 0 Å². The van der Waals surface area contributed by atoms with Crippen molar-refractivity contribution in [3.05, 3.63) is 0 Å². The molecule has 0 saturated carbocycles. The molecular weight excluding hydrogens is 220 g/mol. The van der Waals surface area contributed by atoms with E-state index in [-0.39, 0.29) is 12.2 Å². The van der Waals surface area contributed by atoms with Crippen LogP contribution in [0.5, 0.6) is 0 Å². The maximum absolute atomic E-state index is 11.3. The third-order valence-electron chi connectivity index (χ3n) is 2.54. The van der Waals surface area contributed by atoms with Gasteiger partial charge in [-0.25, -0.2) is 4.79 Å². The summed E-state index contributed by atoms with van der Waals surface area (Å²) in [6, 6.07) is 0. The molecule has 0 aliphatic rings. The smallest absolute Gasteiger partial charge is 0.434 e. The molecule has 17 heavy (non-hydrogen) atoms. The monoisotopic (exact) mass is 246 g/mol. The van der Waals surface area contributed by atoms with Crippen molar-refractivity contribution < 1.29 is 19.0 Å². The first-order valence-electron chi connectivity index (χ1n) is 6.56. The van der Waals surface area contributed by atoms with Gasteiger partial charge in [0.15, 0.2) is 0 Å². The molecule has 0 saturated heterocycles. The SMILES string of the molecule is CCCCOC(=O)OC(C)C(C)OCCCC. The quantitative estimate of drug-likeness (QED) is 0.461. The molecule has 4 nitrogen and oxygen atoms in total. The van der Waals surface area contributed by atoms with Crippen LogP contribution >= 0.6 is 0 Å². The van der Waals surface area contributed by atoms with Gasteiger partial charge in [0.05, 0.1) is 12.7 Å². The summed E-state index contributed by atoms with van der Waals surface area (Å²) in [7, 11) is 0. The van der Waals surface area contributed by atoms with Crippen molar-refractivity contribution in [2.75, 3.05) is 13.2 Å². The van der Waals surface area contributed by atoms with Crippen molar-refractivity contribution in [1.29, 1.82) is 0 Å². The molecule has 2 unspecified atom stereocenters. The van der Waals surface area contributed by atoms with Gasteiger partial charge in [-0.1, -0.05) is 26.7 Å². The van der Waals surface area contributed by atoms with Gasteiger partial charge in [0.2, 0.25) is 0 Å². The lowest BCUT2D eigenvalue weighted by Crippen LogP contribution is -2.29. The number of unbranched alkanes of at least 4 members (excludes halogenated alkanes) is 2. The highest BCUT2D eigenvalue weighted by atomic mass is 16.7. The summed E-state index contributed by atoms with van der Waals surface area (Å²) >= 11 is 0. The number of hydrogen-bond donors (Lipinski definition) is 0. The zero-order valence-electron chi connectivity index (χ0n) is 11.5. The number of hydrogen-bond acceptors (Lipinski definition) is 4. The summed E-state index contributed by atoms with van der Waals surface area (Å²) in [4.78, 5) is 11.3. The van der Waals surface area contributed by atoms with Crippen molar-refractivity contribution in [1.82, 2.24) is 0 Å². The summed E-state index contributed by atoms with van der Waals surface area (Å²) < 4.78 is 15.6. The van der Waals surface area contributed by atoms with E-state index in [1.165, 1.54) is 0 Å². The van der Waals surface area contributed by atoms with Crippen molar-refractivity contribution in [2.45, 2.75) is 65.6 Å². The minimum absolute atomic E-state index is 0.0970. The fourth-order valence-corrected chi connectivity index (χ4v) is 1.13. The van der Waals surface area contributed by atoms with E-state index in [0.29, 0.717) is 13.2 Å². The molecule has 0 N–H and O–H groups in total. The Hall–Kier alpha value is -0.770. The van der Waals surface area contributed by atoms with E-state index in [4.69, 9.17) is 14.2 Å². The van der Waals surface area contributed by atoms with Crippen LogP contribution in [-0.4, -0.2) is 31.6 Å². The van der Waals surface area contributed by atoms with Gasteiger partial charge in [-0.05, 0) is 26.7 Å². The topological polar surface area (TPSA) is 44.8 Å². The molecular formula is C13H26O4. The molecule has 0 aromatic rings. The van der Waals surface area contributed by atoms with Crippen LogP contribution in [0, 0.1) is 0 Å². The standard InChI is InChI=1S/C13H26O4/c1-5-7-9-15-11(3)12(4)17-13(14)16-10-8-6-2/h11-12H,5-10H2,1-4H3. The third kappa shape index (κ3) is 8.98. The Labute approximate surface area is 105 Å². The molecule has 0 radical (unpaired) electrons. The van der Waals surface area contributed by atoms with Crippen LogP contribution in [0.1, 0.15) is 53.4 Å². The van der Waals surface area contributed by atoms with Crippen molar-refractivity contribution in [3.63, 3.8) is 0 Å². The van der Waals surface area contributed by atoms with E-state index in [0.717, 1.165) is 25.7 Å². The number of rotatable bonds is 9. The lowest BCUT2D eigenvalue weighted by Gasteiger charge is -2.20. The Morgan fingerprint density at radius 1 is 1.00 bits per heavy atom. The molecule has 2 atom stereocenters. The van der Waals surface area contributed by atoms with Gasteiger partial charge in [0.25, 0.3) is 0 Å². The fraction of sp³-hybridized carbons (Fsp3) is 0.923. The largest absolute Gasteiger partial charge is 0.508 e. The average molecular weight is 246 g/mol. The van der Waals surface area contributed by atoms with E-state index < -0.39 is 6.16 Å². The maximum atomic E-state index is 11.3. The minimum Gasteiger partial charge on any atom is -0.434 e. The van der Waals surface area contributed by atoms with Gasteiger partial charge >= 0.3 is 6.16 Å². The summed E-state index contributed by atoms with van der Waals surface area (Å²) in [6.07, 6.45) is 3.02. The lowest BCUT2D eigenvalue weighted by atomic mass is 10.2. The predicted molar refractivity (Wildman–Crippen MR) is 67.1 cm³/mol. The average Bonchev–Trinajstić information content (AvgIpc) is 2.29. The number of carbonyl (C=O) groups is 1. The number of carbonyl (C=O) groups excluding carboxylic acids is 1. The van der Waals surface area contributed by atoms with Crippen LogP contribution in [0.2, 0.25) is 0 Å². The van der Waals surface area contributed by atoms with Crippen LogP contribution in [-0.2, 0) is 14.2 Å². The first-order valence-corrected chi connectivity index (χ1v) is 6.56. The molecule has 0 rings (SSSR count). The van der Waals surface area contributed by atoms with Gasteiger partial charge < -0.3 is 14.2 Å². The fourth-order valence-electron chi connectivity index (χ4n) is 1.13. The van der Waals surface area contributed by atoms with Crippen LogP contribution in [0.4, 0.5) is 4.79 Å². The lowest BCUT2D eigenvalue weighted by molar-refractivity contribution is -0.0492. The zero-order chi connectivity index (χ0) is 13.1. The maximum Gasteiger partial charge on any atom is 0.508 e. The highest BCUT2D eigenvalue weighted by Crippen LogP contribution is 2.06. The Kier molecular flexibility index (Phi) is 9.92. The second-order valence-corrected chi connectivity index (χ2v) is 4.20. The summed E-state index contributed by atoms with van der Waals surface area (Å²) in [5, 5.41) is 0. The molecule has 0 aromatic heterocycles. The minimum atomic E-state index is -0.600. The first-order chi connectivity index (χ1) is 8.11. The molecule has 0 aliphatic carbocycles. The molecule has 4 heteroatoms. The second kappa shape index (κ2) is 10.4. The van der Waals surface area contributed by atoms with E-state index in [9.17, 15) is 4.79 Å². The third-order valence-corrected chi connectivity index (χ3v) is 2.54. The molecule has 0 aliphatic heterocycles. The molecule has 0 bridgehead atoms. The van der Waals surface area contributed by atoms with E-state index in [1.807, 2.05) is 20.8 Å². The highest BCUT2D eigenvalue weighted by molar-refractivity contribution is 5.60. The van der Waals surface area contributed by atoms with E-state index in [1.54, 1.807) is 0 Å². The first kappa shape index (κ1) is 16.2. The van der Waals surface area contributed by atoms with Crippen molar-refractivity contribution in [2.24, 2.45) is 0 Å². The van der Waals surface area contributed by atoms with Gasteiger partial charge in [-0.3, -0.25) is 0 Å². The molecule has 0 fully saturated rings. The van der Waals surface area contributed by atoms with Crippen molar-refractivity contribution in [3.8, 4) is 0 Å². The Balaban J connectivity index is 3.66. The van der Waals surface area contributed by atoms with Crippen LogP contribution in [0.25, 0.3) is 0 Å². The summed E-state index contributed by atoms with van der Waals surface area (Å²) in [5.74, 6) is 0. The van der Waals surface area contributed by atoms with Crippen LogP contribution < -0.4 is 0 Å². The van der Waals surface area contributed by atoms with E-state index >= 15 is 0 Å². The number of ether oxygens (including phenoxy) is 3. The predicted octanol–water partition coefficient (Wildman–Crippen LogP) is 3.53. The van der Waals surface area contributed by atoms with E-state index in [2.05, 4.69) is 6.92 Å².